The van der Waals surface area contributed by atoms with Crippen LogP contribution in [0.15, 0.2) is 48.5 Å². The summed E-state index contributed by atoms with van der Waals surface area (Å²) >= 11 is 0. The Morgan fingerprint density at radius 1 is 0.971 bits per heavy atom. The molecule has 35 heavy (non-hydrogen) atoms. The van der Waals surface area contributed by atoms with Crippen molar-refractivity contribution in [2.75, 3.05) is 43.4 Å². The number of rotatable bonds is 6. The minimum atomic E-state index is -0.296. The standard InChI is InChI=1S/C27H37N5O3/c1-6-24(33)28-21-12-13-23(31-14-16-32(17-15-31)26(35)29-27(2,3)4)22(18-21)25(34)30(5)19-20-10-8-7-9-11-20/h7-13,18H,6,14-17,19H2,1-5H3,(H,28,33)(H,29,35). The predicted octanol–water partition coefficient (Wildman–Crippen LogP) is 3.94. The van der Waals surface area contributed by atoms with Crippen LogP contribution < -0.4 is 15.5 Å². The average Bonchev–Trinajstić information content (AvgIpc) is 2.83. The van der Waals surface area contributed by atoms with Crippen LogP contribution in [0.1, 0.15) is 50.0 Å². The second-order valence-electron chi connectivity index (χ2n) is 9.93. The van der Waals surface area contributed by atoms with Crippen LogP contribution >= 0.6 is 0 Å². The molecule has 0 atom stereocenters. The van der Waals surface area contributed by atoms with Crippen LogP contribution in [0, 0.1) is 0 Å². The number of carbonyl (C=O) groups excluding carboxylic acids is 3. The van der Waals surface area contributed by atoms with Gasteiger partial charge in [0, 0.05) is 63.1 Å². The summed E-state index contributed by atoms with van der Waals surface area (Å²) in [4.78, 5) is 43.7. The first kappa shape index (κ1) is 26.1. The maximum atomic E-state index is 13.6. The highest BCUT2D eigenvalue weighted by Gasteiger charge is 2.27. The van der Waals surface area contributed by atoms with Gasteiger partial charge in [0.05, 0.1) is 5.56 Å². The topological polar surface area (TPSA) is 85.0 Å². The molecule has 8 nitrogen and oxygen atoms in total. The molecule has 0 spiro atoms. The quantitative estimate of drug-likeness (QED) is 0.657. The van der Waals surface area contributed by atoms with Gasteiger partial charge in [-0.15, -0.1) is 0 Å². The molecule has 0 bridgehead atoms. The highest BCUT2D eigenvalue weighted by Crippen LogP contribution is 2.27. The fraction of sp³-hybridized carbons (Fsp3) is 0.444. The summed E-state index contributed by atoms with van der Waals surface area (Å²) in [5.41, 5.74) is 2.68. The Kier molecular flexibility index (Phi) is 8.38. The number of urea groups is 1. The van der Waals surface area contributed by atoms with E-state index in [1.54, 1.807) is 29.8 Å². The fourth-order valence-corrected chi connectivity index (χ4v) is 4.00. The molecule has 0 saturated carbocycles. The maximum absolute atomic E-state index is 13.6. The third kappa shape index (κ3) is 7.21. The number of hydrogen-bond donors (Lipinski definition) is 2. The van der Waals surface area contributed by atoms with Crippen molar-refractivity contribution in [3.05, 3.63) is 59.7 Å². The van der Waals surface area contributed by atoms with Gasteiger partial charge in [-0.25, -0.2) is 4.79 Å². The second kappa shape index (κ2) is 11.3. The lowest BCUT2D eigenvalue weighted by Gasteiger charge is -2.38. The summed E-state index contributed by atoms with van der Waals surface area (Å²) < 4.78 is 0. The minimum Gasteiger partial charge on any atom is -0.367 e. The molecule has 2 aromatic rings. The lowest BCUT2D eigenvalue weighted by Crippen LogP contribution is -2.55. The molecule has 3 rings (SSSR count). The smallest absolute Gasteiger partial charge is 0.317 e. The van der Waals surface area contributed by atoms with Gasteiger partial charge in [0.1, 0.15) is 0 Å². The number of anilines is 2. The van der Waals surface area contributed by atoms with Crippen molar-refractivity contribution in [2.45, 2.75) is 46.2 Å². The molecule has 8 heteroatoms. The number of carbonyl (C=O) groups is 3. The van der Waals surface area contributed by atoms with Crippen molar-refractivity contribution in [3.8, 4) is 0 Å². The van der Waals surface area contributed by atoms with E-state index in [0.717, 1.165) is 11.3 Å². The van der Waals surface area contributed by atoms with Crippen LogP contribution in [0.3, 0.4) is 0 Å². The van der Waals surface area contributed by atoms with E-state index in [1.807, 2.05) is 63.2 Å². The fourth-order valence-electron chi connectivity index (χ4n) is 4.00. The Bertz CT molecular complexity index is 1040. The second-order valence-corrected chi connectivity index (χ2v) is 9.93. The Hall–Kier alpha value is -3.55. The summed E-state index contributed by atoms with van der Waals surface area (Å²) in [6.45, 7) is 10.5. The Balaban J connectivity index is 1.81. The van der Waals surface area contributed by atoms with E-state index < -0.39 is 0 Å². The first-order valence-corrected chi connectivity index (χ1v) is 12.1. The largest absolute Gasteiger partial charge is 0.367 e. The Labute approximate surface area is 208 Å². The zero-order valence-electron chi connectivity index (χ0n) is 21.4. The normalized spacial score (nSPS) is 13.9. The van der Waals surface area contributed by atoms with Gasteiger partial charge in [0.2, 0.25) is 5.91 Å². The van der Waals surface area contributed by atoms with Crippen LogP contribution in [0.5, 0.6) is 0 Å². The number of hydrogen-bond acceptors (Lipinski definition) is 4. The van der Waals surface area contributed by atoms with E-state index >= 15 is 0 Å². The van der Waals surface area contributed by atoms with Crippen LogP contribution in [0.4, 0.5) is 16.2 Å². The van der Waals surface area contributed by atoms with Gasteiger partial charge in [-0.3, -0.25) is 9.59 Å². The summed E-state index contributed by atoms with van der Waals surface area (Å²) in [6.07, 6.45) is 0.359. The summed E-state index contributed by atoms with van der Waals surface area (Å²) in [6, 6.07) is 15.2. The Morgan fingerprint density at radius 3 is 2.23 bits per heavy atom. The first-order chi connectivity index (χ1) is 16.6. The molecule has 188 valence electrons. The molecular formula is C27H37N5O3. The SMILES string of the molecule is CCC(=O)Nc1ccc(N2CCN(C(=O)NC(C)(C)C)CC2)c(C(=O)N(C)Cc2ccccc2)c1. The van der Waals surface area contributed by atoms with Gasteiger partial charge in [0.25, 0.3) is 5.91 Å². The molecule has 1 heterocycles. The van der Waals surface area contributed by atoms with Crippen molar-refractivity contribution in [2.24, 2.45) is 0 Å². The number of nitrogens with zero attached hydrogens (tertiary/aromatic N) is 3. The van der Waals surface area contributed by atoms with Gasteiger partial charge in [-0.2, -0.15) is 0 Å². The lowest BCUT2D eigenvalue weighted by atomic mass is 10.1. The molecule has 1 fully saturated rings. The zero-order valence-corrected chi connectivity index (χ0v) is 21.4. The van der Waals surface area contributed by atoms with Crippen LogP contribution in [-0.4, -0.2) is 66.4 Å². The van der Waals surface area contributed by atoms with E-state index in [2.05, 4.69) is 15.5 Å². The highest BCUT2D eigenvalue weighted by atomic mass is 16.2. The molecule has 2 aromatic carbocycles. The maximum Gasteiger partial charge on any atom is 0.317 e. The molecule has 1 aliphatic heterocycles. The number of amides is 4. The molecule has 1 saturated heterocycles. The highest BCUT2D eigenvalue weighted by molar-refractivity contribution is 6.02. The van der Waals surface area contributed by atoms with Crippen molar-refractivity contribution in [1.29, 1.82) is 0 Å². The molecule has 0 aliphatic carbocycles. The zero-order chi connectivity index (χ0) is 25.6. The molecule has 0 aromatic heterocycles. The van der Waals surface area contributed by atoms with Crippen molar-refractivity contribution < 1.29 is 14.4 Å². The van der Waals surface area contributed by atoms with Crippen molar-refractivity contribution in [1.82, 2.24) is 15.1 Å². The van der Waals surface area contributed by atoms with Crippen LogP contribution in [0.2, 0.25) is 0 Å². The number of nitrogens with one attached hydrogen (secondary N) is 2. The molecule has 2 N–H and O–H groups in total. The van der Waals surface area contributed by atoms with Crippen molar-refractivity contribution in [3.63, 3.8) is 0 Å². The molecular weight excluding hydrogens is 442 g/mol. The molecule has 0 unspecified atom stereocenters. The number of benzene rings is 2. The third-order valence-corrected chi connectivity index (χ3v) is 5.83. The average molecular weight is 480 g/mol. The van der Waals surface area contributed by atoms with Gasteiger partial charge < -0.3 is 25.3 Å². The van der Waals surface area contributed by atoms with Gasteiger partial charge in [-0.05, 0) is 44.5 Å². The minimum absolute atomic E-state index is 0.0753. The van der Waals surface area contributed by atoms with E-state index in [-0.39, 0.29) is 23.4 Å². The third-order valence-electron chi connectivity index (χ3n) is 5.83. The lowest BCUT2D eigenvalue weighted by molar-refractivity contribution is -0.115. The monoisotopic (exact) mass is 479 g/mol. The molecule has 1 aliphatic rings. The van der Waals surface area contributed by atoms with Gasteiger partial charge >= 0.3 is 6.03 Å². The van der Waals surface area contributed by atoms with Crippen LogP contribution in [-0.2, 0) is 11.3 Å². The first-order valence-electron chi connectivity index (χ1n) is 12.1. The van der Waals surface area contributed by atoms with E-state index in [0.29, 0.717) is 50.4 Å². The number of piperazine rings is 1. The molecule has 0 radical (unpaired) electrons. The Morgan fingerprint density at radius 2 is 1.63 bits per heavy atom. The summed E-state index contributed by atoms with van der Waals surface area (Å²) in [5, 5.41) is 5.87. The summed E-state index contributed by atoms with van der Waals surface area (Å²) in [5.74, 6) is -0.225. The van der Waals surface area contributed by atoms with Crippen molar-refractivity contribution >= 4 is 29.2 Å². The summed E-state index contributed by atoms with van der Waals surface area (Å²) in [7, 11) is 1.78. The van der Waals surface area contributed by atoms with E-state index in [4.69, 9.17) is 0 Å². The van der Waals surface area contributed by atoms with E-state index in [9.17, 15) is 14.4 Å². The van der Waals surface area contributed by atoms with Gasteiger partial charge in [-0.1, -0.05) is 37.3 Å². The predicted molar refractivity (Wildman–Crippen MR) is 140 cm³/mol. The van der Waals surface area contributed by atoms with Crippen LogP contribution in [0.25, 0.3) is 0 Å². The molecule has 4 amide bonds. The van der Waals surface area contributed by atoms with E-state index in [1.165, 1.54) is 0 Å². The van der Waals surface area contributed by atoms with Gasteiger partial charge in [0.15, 0.2) is 0 Å².